The molecule has 1 fully saturated rings. The van der Waals surface area contributed by atoms with Gasteiger partial charge in [0, 0.05) is 63.2 Å². The summed E-state index contributed by atoms with van der Waals surface area (Å²) in [6.45, 7) is 4.73. The molecule has 4 rings (SSSR count). The van der Waals surface area contributed by atoms with E-state index in [2.05, 4.69) is 15.3 Å². The number of anilines is 1. The Bertz CT molecular complexity index is 1110. The van der Waals surface area contributed by atoms with Gasteiger partial charge >= 0.3 is 0 Å². The number of benzene rings is 1. The van der Waals surface area contributed by atoms with Crippen molar-refractivity contribution in [3.05, 3.63) is 48.0 Å². The standard InChI is InChI=1S/C26H33N5O5/c1-16-13-31(26(34)21-12-27-9-10-28-21)17(2)15-36-22-11-19(29-24(32)18-5-6-18)7-8-20(22)25(33)30(3)14-23(16)35-4/h7-12,16-18,23H,5-6,13-15H2,1-4H3,(H,29,32)/t16-,17-,23+/m0/s1. The fourth-order valence-electron chi connectivity index (χ4n) is 4.28. The van der Waals surface area contributed by atoms with Crippen molar-refractivity contribution in [1.29, 1.82) is 0 Å². The van der Waals surface area contributed by atoms with Gasteiger partial charge in [0.1, 0.15) is 18.1 Å². The maximum Gasteiger partial charge on any atom is 0.274 e. The van der Waals surface area contributed by atoms with E-state index in [0.717, 1.165) is 12.8 Å². The number of fused-ring (bicyclic) bond motifs is 1. The number of likely N-dealkylation sites (N-methyl/N-ethyl adjacent to an activating group) is 1. The number of carbonyl (C=O) groups is 3. The maximum absolute atomic E-state index is 13.4. The van der Waals surface area contributed by atoms with E-state index in [4.69, 9.17) is 9.47 Å². The summed E-state index contributed by atoms with van der Waals surface area (Å²) in [6, 6.07) is 4.71. The molecule has 1 N–H and O–H groups in total. The van der Waals surface area contributed by atoms with Gasteiger partial charge in [-0.05, 0) is 31.9 Å². The van der Waals surface area contributed by atoms with Gasteiger partial charge in [0.25, 0.3) is 11.8 Å². The molecule has 1 aliphatic heterocycles. The van der Waals surface area contributed by atoms with Crippen molar-refractivity contribution < 1.29 is 23.9 Å². The van der Waals surface area contributed by atoms with Crippen LogP contribution in [0.15, 0.2) is 36.8 Å². The summed E-state index contributed by atoms with van der Waals surface area (Å²) in [4.78, 5) is 50.5. The quantitative estimate of drug-likeness (QED) is 0.693. The van der Waals surface area contributed by atoms with Crippen molar-refractivity contribution in [2.75, 3.05) is 39.2 Å². The van der Waals surface area contributed by atoms with E-state index in [9.17, 15) is 14.4 Å². The van der Waals surface area contributed by atoms with Crippen LogP contribution in [0, 0.1) is 11.8 Å². The van der Waals surface area contributed by atoms with Gasteiger partial charge in [-0.25, -0.2) is 4.98 Å². The zero-order valence-corrected chi connectivity index (χ0v) is 21.1. The molecule has 3 amide bonds. The lowest BCUT2D eigenvalue weighted by atomic mass is 10.0. The van der Waals surface area contributed by atoms with Crippen molar-refractivity contribution in [2.45, 2.75) is 38.8 Å². The fourth-order valence-corrected chi connectivity index (χ4v) is 4.28. The lowest BCUT2D eigenvalue weighted by Gasteiger charge is -2.35. The van der Waals surface area contributed by atoms with E-state index in [1.807, 2.05) is 13.8 Å². The molecular formula is C26H33N5O5. The molecule has 1 saturated carbocycles. The highest BCUT2D eigenvalue weighted by molar-refractivity contribution is 5.99. The van der Waals surface area contributed by atoms with Crippen LogP contribution in [0.4, 0.5) is 5.69 Å². The summed E-state index contributed by atoms with van der Waals surface area (Å²) in [5, 5.41) is 2.90. The van der Waals surface area contributed by atoms with Crippen LogP contribution in [0.5, 0.6) is 5.75 Å². The van der Waals surface area contributed by atoms with Gasteiger partial charge in [0.05, 0.1) is 23.9 Å². The summed E-state index contributed by atoms with van der Waals surface area (Å²) in [7, 11) is 3.32. The molecule has 1 aliphatic carbocycles. The lowest BCUT2D eigenvalue weighted by Crippen LogP contribution is -2.48. The third kappa shape index (κ3) is 5.81. The molecule has 0 radical (unpaired) electrons. The average Bonchev–Trinajstić information content (AvgIpc) is 3.74. The van der Waals surface area contributed by atoms with Crippen LogP contribution in [-0.2, 0) is 9.53 Å². The van der Waals surface area contributed by atoms with E-state index in [1.165, 1.54) is 18.6 Å². The molecule has 0 saturated heterocycles. The second-order valence-corrected chi connectivity index (χ2v) is 9.62. The molecule has 2 aliphatic rings. The van der Waals surface area contributed by atoms with Gasteiger partial charge in [-0.2, -0.15) is 0 Å². The van der Waals surface area contributed by atoms with Gasteiger partial charge in [-0.3, -0.25) is 19.4 Å². The van der Waals surface area contributed by atoms with Crippen molar-refractivity contribution >= 4 is 23.4 Å². The molecule has 2 heterocycles. The predicted octanol–water partition coefficient (Wildman–Crippen LogP) is 2.47. The Labute approximate surface area is 211 Å². The number of rotatable bonds is 4. The summed E-state index contributed by atoms with van der Waals surface area (Å²) in [5.74, 6) is -0.173. The first-order chi connectivity index (χ1) is 17.3. The number of carbonyl (C=O) groups excluding carboxylic acids is 3. The molecule has 0 bridgehead atoms. The van der Waals surface area contributed by atoms with Crippen LogP contribution in [-0.4, -0.2) is 83.5 Å². The molecule has 192 valence electrons. The van der Waals surface area contributed by atoms with Gasteiger partial charge in [0.2, 0.25) is 5.91 Å². The number of ether oxygens (including phenoxy) is 2. The van der Waals surface area contributed by atoms with Crippen molar-refractivity contribution in [3.8, 4) is 5.75 Å². The first-order valence-corrected chi connectivity index (χ1v) is 12.2. The predicted molar refractivity (Wildman–Crippen MR) is 133 cm³/mol. The number of aromatic nitrogens is 2. The Morgan fingerprint density at radius 1 is 1.17 bits per heavy atom. The number of hydrogen-bond donors (Lipinski definition) is 1. The van der Waals surface area contributed by atoms with Crippen LogP contribution in [0.3, 0.4) is 0 Å². The number of amides is 3. The number of hydrogen-bond acceptors (Lipinski definition) is 7. The third-order valence-corrected chi connectivity index (χ3v) is 6.71. The maximum atomic E-state index is 13.4. The minimum absolute atomic E-state index is 0.0300. The highest BCUT2D eigenvalue weighted by atomic mass is 16.5. The Kier molecular flexibility index (Phi) is 7.83. The first-order valence-electron chi connectivity index (χ1n) is 12.2. The molecule has 1 aromatic heterocycles. The number of nitrogens with zero attached hydrogens (tertiary/aromatic N) is 4. The molecule has 2 aromatic rings. The molecule has 3 atom stereocenters. The molecule has 1 aromatic carbocycles. The Morgan fingerprint density at radius 2 is 1.94 bits per heavy atom. The van der Waals surface area contributed by atoms with Crippen molar-refractivity contribution in [3.63, 3.8) is 0 Å². The smallest absolute Gasteiger partial charge is 0.274 e. The van der Waals surface area contributed by atoms with E-state index in [0.29, 0.717) is 30.1 Å². The molecule has 0 spiro atoms. The fraction of sp³-hybridized carbons (Fsp3) is 0.500. The SMILES string of the molecule is CO[C@@H]1CN(C)C(=O)c2ccc(NC(=O)C3CC3)cc2OC[C@H](C)N(C(=O)c2cnccn2)C[C@@H]1C. The highest BCUT2D eigenvalue weighted by Gasteiger charge is 2.32. The summed E-state index contributed by atoms with van der Waals surface area (Å²) >= 11 is 0. The van der Waals surface area contributed by atoms with Gasteiger partial charge in [0.15, 0.2) is 0 Å². The Morgan fingerprint density at radius 3 is 2.61 bits per heavy atom. The average molecular weight is 496 g/mol. The summed E-state index contributed by atoms with van der Waals surface area (Å²) in [6.07, 6.45) is 5.93. The van der Waals surface area contributed by atoms with Crippen molar-refractivity contribution in [1.82, 2.24) is 19.8 Å². The summed E-state index contributed by atoms with van der Waals surface area (Å²) in [5.41, 5.74) is 1.19. The Balaban J connectivity index is 1.66. The van der Waals surface area contributed by atoms with Crippen molar-refractivity contribution in [2.24, 2.45) is 11.8 Å². The van der Waals surface area contributed by atoms with E-state index >= 15 is 0 Å². The lowest BCUT2D eigenvalue weighted by molar-refractivity contribution is -0.117. The first kappa shape index (κ1) is 25.6. The van der Waals surface area contributed by atoms with Crippen LogP contribution < -0.4 is 10.1 Å². The van der Waals surface area contributed by atoms with Crippen LogP contribution in [0.25, 0.3) is 0 Å². The van der Waals surface area contributed by atoms with Crippen LogP contribution >= 0.6 is 0 Å². The third-order valence-electron chi connectivity index (χ3n) is 6.71. The van der Waals surface area contributed by atoms with E-state index in [1.54, 1.807) is 42.2 Å². The van der Waals surface area contributed by atoms with E-state index in [-0.39, 0.29) is 54.0 Å². The molecule has 0 unspecified atom stereocenters. The van der Waals surface area contributed by atoms with Gasteiger partial charge in [-0.15, -0.1) is 0 Å². The normalized spacial score (nSPS) is 23.1. The molecule has 36 heavy (non-hydrogen) atoms. The molecule has 10 nitrogen and oxygen atoms in total. The van der Waals surface area contributed by atoms with Gasteiger partial charge in [-0.1, -0.05) is 6.92 Å². The van der Waals surface area contributed by atoms with E-state index < -0.39 is 0 Å². The zero-order valence-electron chi connectivity index (χ0n) is 21.1. The zero-order chi connectivity index (χ0) is 25.8. The largest absolute Gasteiger partial charge is 0.491 e. The minimum atomic E-state index is -0.343. The van der Waals surface area contributed by atoms with Gasteiger partial charge < -0.3 is 24.6 Å². The topological polar surface area (TPSA) is 114 Å². The summed E-state index contributed by atoms with van der Waals surface area (Å²) < 4.78 is 11.9. The molecule has 10 heteroatoms. The number of nitrogens with one attached hydrogen (secondary N) is 1. The molecular weight excluding hydrogens is 462 g/mol. The Hall–Kier alpha value is -3.53. The monoisotopic (exact) mass is 495 g/mol. The highest BCUT2D eigenvalue weighted by Crippen LogP contribution is 2.32. The second kappa shape index (κ2) is 11.0. The van der Waals surface area contributed by atoms with Crippen LogP contribution in [0.1, 0.15) is 47.5 Å². The minimum Gasteiger partial charge on any atom is -0.491 e. The number of methoxy groups -OCH3 is 1. The van der Waals surface area contributed by atoms with Crippen LogP contribution in [0.2, 0.25) is 0 Å². The second-order valence-electron chi connectivity index (χ2n) is 9.62.